The number of benzene rings is 2. The zero-order chi connectivity index (χ0) is 16.9. The third-order valence-corrected chi connectivity index (χ3v) is 4.11. The lowest BCUT2D eigenvalue weighted by Gasteiger charge is -2.29. The molecule has 24 heavy (non-hydrogen) atoms. The molecule has 5 heteroatoms. The fraction of sp³-hybridized carbons (Fsp3) is 0.263. The number of carboxylic acid groups (broad SMARTS) is 1. The number of ether oxygens (including phenoxy) is 1. The van der Waals surface area contributed by atoms with Crippen LogP contribution in [-0.4, -0.2) is 43.2 Å². The largest absolute Gasteiger partial charge is 0.478 e. The van der Waals surface area contributed by atoms with Crippen LogP contribution in [-0.2, 0) is 11.2 Å². The molecule has 2 aromatic carbocycles. The number of carboxylic acids is 1. The van der Waals surface area contributed by atoms with Crippen LogP contribution in [0.5, 0.6) is 0 Å². The number of nitrogens with zero attached hydrogens (tertiary/aromatic N) is 1. The van der Waals surface area contributed by atoms with Crippen molar-refractivity contribution in [1.29, 1.82) is 0 Å². The van der Waals surface area contributed by atoms with Crippen molar-refractivity contribution in [2.45, 2.75) is 6.42 Å². The first-order chi connectivity index (χ1) is 11.6. The van der Waals surface area contributed by atoms with Gasteiger partial charge in [0.25, 0.3) is 0 Å². The van der Waals surface area contributed by atoms with E-state index in [-0.39, 0.29) is 23.3 Å². The number of ketones is 1. The van der Waals surface area contributed by atoms with Gasteiger partial charge < -0.3 is 14.7 Å². The van der Waals surface area contributed by atoms with Crippen molar-refractivity contribution in [3.8, 4) is 0 Å². The van der Waals surface area contributed by atoms with Crippen molar-refractivity contribution in [3.63, 3.8) is 0 Å². The molecule has 0 unspecified atom stereocenters. The molecular formula is C19H19NO4. The maximum Gasteiger partial charge on any atom is 0.336 e. The number of carbonyl (C=O) groups is 2. The van der Waals surface area contributed by atoms with Gasteiger partial charge in [-0.1, -0.05) is 30.3 Å². The summed E-state index contributed by atoms with van der Waals surface area (Å²) in [7, 11) is 0. The number of hydrogen-bond donors (Lipinski definition) is 1. The van der Waals surface area contributed by atoms with Crippen molar-refractivity contribution in [1.82, 2.24) is 0 Å². The van der Waals surface area contributed by atoms with Gasteiger partial charge in [-0.3, -0.25) is 4.79 Å². The fourth-order valence-electron chi connectivity index (χ4n) is 2.88. The zero-order valence-electron chi connectivity index (χ0n) is 13.3. The predicted octanol–water partition coefficient (Wildman–Crippen LogP) is 2.65. The number of aromatic carboxylic acids is 1. The van der Waals surface area contributed by atoms with Gasteiger partial charge >= 0.3 is 5.97 Å². The molecule has 0 atom stereocenters. The molecule has 3 rings (SSSR count). The van der Waals surface area contributed by atoms with E-state index >= 15 is 0 Å². The summed E-state index contributed by atoms with van der Waals surface area (Å²) in [6.07, 6.45) is 0.183. The molecule has 0 saturated carbocycles. The van der Waals surface area contributed by atoms with Crippen molar-refractivity contribution < 1.29 is 19.4 Å². The van der Waals surface area contributed by atoms with Gasteiger partial charge in [0.05, 0.1) is 18.8 Å². The Morgan fingerprint density at radius 2 is 1.71 bits per heavy atom. The van der Waals surface area contributed by atoms with E-state index in [4.69, 9.17) is 4.74 Å². The molecule has 0 spiro atoms. The molecule has 0 bridgehead atoms. The molecule has 1 heterocycles. The Balaban J connectivity index is 1.79. The standard InChI is InChI=1S/C19H19NO4/c21-18(16-6-1-2-7-17(16)19(22)23)13-14-4-3-5-15(12-14)20-8-10-24-11-9-20/h1-7,12H,8-11,13H2,(H,22,23). The van der Waals surface area contributed by atoms with Crippen LogP contribution in [0.4, 0.5) is 5.69 Å². The number of carbonyl (C=O) groups excluding carboxylic acids is 1. The Bertz CT molecular complexity index is 751. The molecule has 1 fully saturated rings. The molecule has 1 aliphatic heterocycles. The van der Waals surface area contributed by atoms with E-state index in [0.717, 1.165) is 24.3 Å². The van der Waals surface area contributed by atoms with E-state index in [0.29, 0.717) is 13.2 Å². The molecule has 0 aliphatic carbocycles. The molecule has 1 saturated heterocycles. The third kappa shape index (κ3) is 3.63. The molecule has 0 aromatic heterocycles. The van der Waals surface area contributed by atoms with Crippen LogP contribution >= 0.6 is 0 Å². The van der Waals surface area contributed by atoms with Crippen molar-refractivity contribution in [2.24, 2.45) is 0 Å². The molecule has 0 amide bonds. The first kappa shape index (κ1) is 16.2. The van der Waals surface area contributed by atoms with Gasteiger partial charge in [0, 0.05) is 30.8 Å². The Morgan fingerprint density at radius 1 is 1.00 bits per heavy atom. The van der Waals surface area contributed by atoms with E-state index < -0.39 is 5.97 Å². The highest BCUT2D eigenvalue weighted by molar-refractivity contribution is 6.06. The number of rotatable bonds is 5. The lowest BCUT2D eigenvalue weighted by molar-refractivity contribution is 0.0692. The van der Waals surface area contributed by atoms with E-state index in [1.54, 1.807) is 18.2 Å². The highest BCUT2D eigenvalue weighted by Crippen LogP contribution is 2.19. The normalized spacial score (nSPS) is 14.4. The fourth-order valence-corrected chi connectivity index (χ4v) is 2.88. The SMILES string of the molecule is O=C(O)c1ccccc1C(=O)Cc1cccc(N2CCOCC2)c1. The second-order valence-corrected chi connectivity index (χ2v) is 5.72. The van der Waals surface area contributed by atoms with Crippen molar-refractivity contribution in [2.75, 3.05) is 31.2 Å². The van der Waals surface area contributed by atoms with Crippen LogP contribution in [0.25, 0.3) is 0 Å². The number of morpholine rings is 1. The molecule has 124 valence electrons. The number of hydrogen-bond acceptors (Lipinski definition) is 4. The number of anilines is 1. The quantitative estimate of drug-likeness (QED) is 0.856. The highest BCUT2D eigenvalue weighted by atomic mass is 16.5. The van der Waals surface area contributed by atoms with Gasteiger partial charge in [0.2, 0.25) is 0 Å². The topological polar surface area (TPSA) is 66.8 Å². The molecule has 1 N–H and O–H groups in total. The second-order valence-electron chi connectivity index (χ2n) is 5.72. The van der Waals surface area contributed by atoms with Gasteiger partial charge in [-0.2, -0.15) is 0 Å². The van der Waals surface area contributed by atoms with Crippen LogP contribution in [0.1, 0.15) is 26.3 Å². The second kappa shape index (κ2) is 7.27. The summed E-state index contributed by atoms with van der Waals surface area (Å²) in [6, 6.07) is 14.2. The minimum atomic E-state index is -1.08. The predicted molar refractivity (Wildman–Crippen MR) is 90.9 cm³/mol. The van der Waals surface area contributed by atoms with Gasteiger partial charge in [0.15, 0.2) is 5.78 Å². The summed E-state index contributed by atoms with van der Waals surface area (Å²) in [5.41, 5.74) is 2.24. The summed E-state index contributed by atoms with van der Waals surface area (Å²) in [5.74, 6) is -1.27. The summed E-state index contributed by atoms with van der Waals surface area (Å²) >= 11 is 0. The average Bonchev–Trinajstić information content (AvgIpc) is 2.62. The minimum Gasteiger partial charge on any atom is -0.478 e. The van der Waals surface area contributed by atoms with Gasteiger partial charge in [-0.05, 0) is 23.8 Å². The van der Waals surface area contributed by atoms with Crippen molar-refractivity contribution in [3.05, 3.63) is 65.2 Å². The molecular weight excluding hydrogens is 306 g/mol. The maximum absolute atomic E-state index is 12.5. The monoisotopic (exact) mass is 325 g/mol. The molecule has 0 radical (unpaired) electrons. The summed E-state index contributed by atoms with van der Waals surface area (Å²) in [6.45, 7) is 3.07. The first-order valence-electron chi connectivity index (χ1n) is 7.92. The zero-order valence-corrected chi connectivity index (χ0v) is 13.3. The first-order valence-corrected chi connectivity index (χ1v) is 7.92. The van der Waals surface area contributed by atoms with Crippen molar-refractivity contribution >= 4 is 17.4 Å². The lowest BCUT2D eigenvalue weighted by Crippen LogP contribution is -2.36. The van der Waals surface area contributed by atoms with Gasteiger partial charge in [-0.25, -0.2) is 4.79 Å². The minimum absolute atomic E-state index is 0.0480. The third-order valence-electron chi connectivity index (χ3n) is 4.11. The van der Waals surface area contributed by atoms with Crippen LogP contribution < -0.4 is 4.90 Å². The smallest absolute Gasteiger partial charge is 0.336 e. The Hall–Kier alpha value is -2.66. The average molecular weight is 325 g/mol. The van der Waals surface area contributed by atoms with E-state index in [1.807, 2.05) is 24.3 Å². The van der Waals surface area contributed by atoms with Gasteiger partial charge in [-0.15, -0.1) is 0 Å². The Morgan fingerprint density at radius 3 is 2.42 bits per heavy atom. The van der Waals surface area contributed by atoms with Gasteiger partial charge in [0.1, 0.15) is 0 Å². The Kier molecular flexibility index (Phi) is 4.91. The Labute approximate surface area is 140 Å². The van der Waals surface area contributed by atoms with Crippen LogP contribution in [0.15, 0.2) is 48.5 Å². The molecule has 2 aromatic rings. The van der Waals surface area contributed by atoms with Crippen LogP contribution in [0.2, 0.25) is 0 Å². The molecule has 1 aliphatic rings. The van der Waals surface area contributed by atoms with E-state index in [9.17, 15) is 14.7 Å². The molecule has 5 nitrogen and oxygen atoms in total. The van der Waals surface area contributed by atoms with Crippen LogP contribution in [0, 0.1) is 0 Å². The number of Topliss-reactive ketones (excluding diaryl/α,β-unsaturated/α-hetero) is 1. The highest BCUT2D eigenvalue weighted by Gasteiger charge is 2.17. The summed E-state index contributed by atoms with van der Waals surface area (Å²) in [4.78, 5) is 26.0. The summed E-state index contributed by atoms with van der Waals surface area (Å²) in [5, 5.41) is 9.22. The van der Waals surface area contributed by atoms with E-state index in [2.05, 4.69) is 4.90 Å². The van der Waals surface area contributed by atoms with E-state index in [1.165, 1.54) is 6.07 Å². The maximum atomic E-state index is 12.5. The van der Waals surface area contributed by atoms with Crippen LogP contribution in [0.3, 0.4) is 0 Å². The summed E-state index contributed by atoms with van der Waals surface area (Å²) < 4.78 is 5.36. The lowest BCUT2D eigenvalue weighted by atomic mass is 9.98.